The Bertz CT molecular complexity index is 278. The van der Waals surface area contributed by atoms with Gasteiger partial charge in [0, 0.05) is 5.75 Å². The SMILES string of the molecule is Nc1ccc(SCC2CCCC2)nc1. The number of nitrogen functional groups attached to an aromatic ring is 1. The summed E-state index contributed by atoms with van der Waals surface area (Å²) in [6.45, 7) is 0. The third-order valence-electron chi connectivity index (χ3n) is 2.70. The van der Waals surface area contributed by atoms with Gasteiger partial charge in [-0.1, -0.05) is 12.8 Å². The Kier molecular flexibility index (Phi) is 3.30. The maximum atomic E-state index is 5.57. The fraction of sp³-hybridized carbons (Fsp3) is 0.545. The second-order valence-electron chi connectivity index (χ2n) is 3.89. The summed E-state index contributed by atoms with van der Waals surface area (Å²) in [6, 6.07) is 3.93. The van der Waals surface area contributed by atoms with Gasteiger partial charge in [-0.15, -0.1) is 11.8 Å². The van der Waals surface area contributed by atoms with E-state index in [1.165, 1.54) is 31.4 Å². The molecule has 0 bridgehead atoms. The lowest BCUT2D eigenvalue weighted by Crippen LogP contribution is -1.97. The predicted molar refractivity (Wildman–Crippen MR) is 61.3 cm³/mol. The summed E-state index contributed by atoms with van der Waals surface area (Å²) in [7, 11) is 0. The van der Waals surface area contributed by atoms with Gasteiger partial charge in [-0.25, -0.2) is 4.98 Å². The van der Waals surface area contributed by atoms with Crippen molar-refractivity contribution < 1.29 is 0 Å². The van der Waals surface area contributed by atoms with Crippen molar-refractivity contribution in [1.29, 1.82) is 0 Å². The van der Waals surface area contributed by atoms with Crippen molar-refractivity contribution in [3.05, 3.63) is 18.3 Å². The third kappa shape index (κ3) is 2.64. The van der Waals surface area contributed by atoms with Gasteiger partial charge in [0.15, 0.2) is 0 Å². The van der Waals surface area contributed by atoms with E-state index in [4.69, 9.17) is 5.73 Å². The number of nitrogens with two attached hydrogens (primary N) is 1. The van der Waals surface area contributed by atoms with Gasteiger partial charge >= 0.3 is 0 Å². The number of thioether (sulfide) groups is 1. The average molecular weight is 208 g/mol. The second-order valence-corrected chi connectivity index (χ2v) is 4.93. The fourth-order valence-electron chi connectivity index (χ4n) is 1.86. The summed E-state index contributed by atoms with van der Waals surface area (Å²) < 4.78 is 0. The molecule has 1 saturated carbocycles. The van der Waals surface area contributed by atoms with E-state index in [-0.39, 0.29) is 0 Å². The van der Waals surface area contributed by atoms with E-state index in [0.717, 1.165) is 16.6 Å². The Morgan fingerprint density at radius 1 is 1.36 bits per heavy atom. The number of hydrogen-bond donors (Lipinski definition) is 1. The molecule has 0 aliphatic heterocycles. The predicted octanol–water partition coefficient (Wildman–Crippen LogP) is 2.95. The molecule has 0 amide bonds. The smallest absolute Gasteiger partial charge is 0.0961 e. The van der Waals surface area contributed by atoms with Gasteiger partial charge < -0.3 is 5.73 Å². The van der Waals surface area contributed by atoms with Crippen LogP contribution in [0.5, 0.6) is 0 Å². The zero-order chi connectivity index (χ0) is 9.80. The molecule has 14 heavy (non-hydrogen) atoms. The van der Waals surface area contributed by atoms with E-state index < -0.39 is 0 Å². The van der Waals surface area contributed by atoms with Crippen molar-refractivity contribution in [3.8, 4) is 0 Å². The Hall–Kier alpha value is -0.700. The average Bonchev–Trinajstić information content (AvgIpc) is 2.70. The van der Waals surface area contributed by atoms with E-state index in [0.29, 0.717) is 0 Å². The van der Waals surface area contributed by atoms with E-state index in [1.807, 2.05) is 23.9 Å². The van der Waals surface area contributed by atoms with Crippen molar-refractivity contribution in [1.82, 2.24) is 4.98 Å². The molecule has 2 nitrogen and oxygen atoms in total. The largest absolute Gasteiger partial charge is 0.397 e. The monoisotopic (exact) mass is 208 g/mol. The second kappa shape index (κ2) is 4.69. The molecule has 1 aliphatic carbocycles. The zero-order valence-electron chi connectivity index (χ0n) is 8.28. The molecule has 0 atom stereocenters. The molecule has 1 fully saturated rings. The van der Waals surface area contributed by atoms with Gasteiger partial charge in [-0.3, -0.25) is 0 Å². The molecule has 0 spiro atoms. The van der Waals surface area contributed by atoms with Gasteiger partial charge in [0.25, 0.3) is 0 Å². The van der Waals surface area contributed by atoms with Gasteiger partial charge in [0.05, 0.1) is 16.9 Å². The summed E-state index contributed by atoms with van der Waals surface area (Å²) in [5.74, 6) is 2.14. The summed E-state index contributed by atoms with van der Waals surface area (Å²) in [6.07, 6.45) is 7.38. The highest BCUT2D eigenvalue weighted by Crippen LogP contribution is 2.30. The highest BCUT2D eigenvalue weighted by Gasteiger charge is 2.14. The van der Waals surface area contributed by atoms with Gasteiger partial charge in [-0.05, 0) is 30.9 Å². The van der Waals surface area contributed by atoms with Crippen molar-refractivity contribution in [2.75, 3.05) is 11.5 Å². The van der Waals surface area contributed by atoms with Crippen molar-refractivity contribution in [3.63, 3.8) is 0 Å². The minimum absolute atomic E-state index is 0.746. The minimum Gasteiger partial charge on any atom is -0.397 e. The molecule has 2 N–H and O–H groups in total. The van der Waals surface area contributed by atoms with Crippen molar-refractivity contribution in [2.45, 2.75) is 30.7 Å². The topological polar surface area (TPSA) is 38.9 Å². The first-order chi connectivity index (χ1) is 6.84. The van der Waals surface area contributed by atoms with E-state index in [9.17, 15) is 0 Å². The van der Waals surface area contributed by atoms with Crippen LogP contribution in [0, 0.1) is 5.92 Å². The number of aromatic nitrogens is 1. The highest BCUT2D eigenvalue weighted by atomic mass is 32.2. The maximum absolute atomic E-state index is 5.57. The summed E-state index contributed by atoms with van der Waals surface area (Å²) >= 11 is 1.86. The highest BCUT2D eigenvalue weighted by molar-refractivity contribution is 7.99. The molecular weight excluding hydrogens is 192 g/mol. The van der Waals surface area contributed by atoms with Crippen LogP contribution >= 0.6 is 11.8 Å². The van der Waals surface area contributed by atoms with E-state index in [1.54, 1.807) is 6.20 Å². The van der Waals surface area contributed by atoms with Crippen molar-refractivity contribution >= 4 is 17.4 Å². The van der Waals surface area contributed by atoms with Crippen molar-refractivity contribution in [2.24, 2.45) is 5.92 Å². The molecular formula is C11H16N2S. The van der Waals surface area contributed by atoms with Crippen LogP contribution in [0.4, 0.5) is 5.69 Å². The fourth-order valence-corrected chi connectivity index (χ4v) is 2.89. The van der Waals surface area contributed by atoms with E-state index >= 15 is 0 Å². The van der Waals surface area contributed by atoms with Gasteiger partial charge in [0.2, 0.25) is 0 Å². The van der Waals surface area contributed by atoms with Crippen LogP contribution in [0.3, 0.4) is 0 Å². The lowest BCUT2D eigenvalue weighted by Gasteiger charge is -2.07. The number of pyridine rings is 1. The Balaban J connectivity index is 1.82. The van der Waals surface area contributed by atoms with Crippen LogP contribution in [0.25, 0.3) is 0 Å². The normalized spacial score (nSPS) is 17.4. The Morgan fingerprint density at radius 2 is 2.14 bits per heavy atom. The molecule has 2 rings (SSSR count). The molecule has 0 saturated heterocycles. The summed E-state index contributed by atoms with van der Waals surface area (Å²) in [5, 5.41) is 1.10. The molecule has 3 heteroatoms. The lowest BCUT2D eigenvalue weighted by molar-refractivity contribution is 0.623. The molecule has 76 valence electrons. The quantitative estimate of drug-likeness (QED) is 0.776. The van der Waals surface area contributed by atoms with Gasteiger partial charge in [0.1, 0.15) is 0 Å². The number of anilines is 1. The molecule has 0 unspecified atom stereocenters. The molecule has 0 radical (unpaired) electrons. The molecule has 1 aromatic heterocycles. The zero-order valence-corrected chi connectivity index (χ0v) is 9.09. The standard InChI is InChI=1S/C11H16N2S/c12-10-5-6-11(13-7-10)14-8-9-3-1-2-4-9/h5-7,9H,1-4,8,12H2. The number of nitrogens with zero attached hydrogens (tertiary/aromatic N) is 1. The third-order valence-corrected chi connectivity index (χ3v) is 3.88. The van der Waals surface area contributed by atoms with Crippen LogP contribution in [-0.4, -0.2) is 10.7 Å². The number of rotatable bonds is 3. The van der Waals surface area contributed by atoms with Crippen LogP contribution in [-0.2, 0) is 0 Å². The molecule has 1 aliphatic rings. The Labute approximate surface area is 89.3 Å². The van der Waals surface area contributed by atoms with Crippen LogP contribution in [0.1, 0.15) is 25.7 Å². The molecule has 1 heterocycles. The van der Waals surface area contributed by atoms with E-state index in [2.05, 4.69) is 4.98 Å². The van der Waals surface area contributed by atoms with Gasteiger partial charge in [-0.2, -0.15) is 0 Å². The minimum atomic E-state index is 0.746. The summed E-state index contributed by atoms with van der Waals surface area (Å²) in [4.78, 5) is 4.28. The molecule has 0 aromatic carbocycles. The summed E-state index contributed by atoms with van der Waals surface area (Å²) in [5.41, 5.74) is 6.32. The first-order valence-corrected chi connectivity index (χ1v) is 6.17. The molecule has 1 aromatic rings. The van der Waals surface area contributed by atoms with Crippen LogP contribution in [0.15, 0.2) is 23.4 Å². The first-order valence-electron chi connectivity index (χ1n) is 5.19. The maximum Gasteiger partial charge on any atom is 0.0961 e. The first kappa shape index (κ1) is 9.84. The Morgan fingerprint density at radius 3 is 2.79 bits per heavy atom. The lowest BCUT2D eigenvalue weighted by atomic mass is 10.1. The van der Waals surface area contributed by atoms with Crippen LogP contribution < -0.4 is 5.73 Å². The van der Waals surface area contributed by atoms with Crippen LogP contribution in [0.2, 0.25) is 0 Å². The number of hydrogen-bond acceptors (Lipinski definition) is 3.